The summed E-state index contributed by atoms with van der Waals surface area (Å²) in [5.41, 5.74) is 0.858. The number of piperidine rings is 1. The Labute approximate surface area is 158 Å². The van der Waals surface area contributed by atoms with Gasteiger partial charge in [0.15, 0.2) is 0 Å². The fourth-order valence-electron chi connectivity index (χ4n) is 2.94. The van der Waals surface area contributed by atoms with Crippen molar-refractivity contribution in [2.45, 2.75) is 38.1 Å². The number of aromatic nitrogens is 1. The number of amides is 1. The summed E-state index contributed by atoms with van der Waals surface area (Å²) in [5.74, 6) is -2.67. The van der Waals surface area contributed by atoms with Crippen LogP contribution in [0.25, 0.3) is 0 Å². The number of halogens is 3. The maximum absolute atomic E-state index is 12.1. The number of aryl methyl sites for hydroxylation is 1. The van der Waals surface area contributed by atoms with E-state index in [4.69, 9.17) is 14.6 Å². The number of likely N-dealkylation sites (tertiary alicyclic amines) is 1. The second-order valence-corrected chi connectivity index (χ2v) is 7.75. The molecule has 2 fully saturated rings. The molecule has 1 spiro atoms. The summed E-state index contributed by atoms with van der Waals surface area (Å²) >= 11 is 1.63. The molecule has 0 radical (unpaired) electrons. The second-order valence-electron chi connectivity index (χ2n) is 6.69. The molecule has 0 bridgehead atoms. The normalized spacial score (nSPS) is 20.3. The van der Waals surface area contributed by atoms with Gasteiger partial charge in [-0.2, -0.15) is 13.2 Å². The number of nitrogens with zero attached hydrogens (tertiary/aromatic N) is 3. The van der Waals surface area contributed by atoms with Gasteiger partial charge in [-0.25, -0.2) is 9.78 Å². The molecule has 2 aliphatic heterocycles. The zero-order valence-electron chi connectivity index (χ0n) is 15.1. The molecule has 0 aliphatic carbocycles. The van der Waals surface area contributed by atoms with Gasteiger partial charge in [-0.1, -0.05) is 0 Å². The van der Waals surface area contributed by atoms with Crippen molar-refractivity contribution in [1.82, 2.24) is 14.8 Å². The van der Waals surface area contributed by atoms with E-state index in [1.807, 2.05) is 17.2 Å². The first-order chi connectivity index (χ1) is 12.5. The van der Waals surface area contributed by atoms with Crippen molar-refractivity contribution in [3.05, 3.63) is 16.1 Å². The van der Waals surface area contributed by atoms with E-state index in [9.17, 15) is 18.0 Å². The Hall–Kier alpha value is -1.72. The molecule has 3 heterocycles. The minimum Gasteiger partial charge on any atom is -0.475 e. The van der Waals surface area contributed by atoms with Gasteiger partial charge in [0.2, 0.25) is 5.91 Å². The van der Waals surface area contributed by atoms with Crippen LogP contribution in [0.15, 0.2) is 5.38 Å². The molecule has 0 aromatic carbocycles. The zero-order chi connectivity index (χ0) is 20.2. The molecule has 1 aromatic heterocycles. The van der Waals surface area contributed by atoms with Gasteiger partial charge in [0.25, 0.3) is 0 Å². The van der Waals surface area contributed by atoms with Gasteiger partial charge in [-0.15, -0.1) is 11.3 Å². The minimum absolute atomic E-state index is 0.0835. The average molecular weight is 409 g/mol. The summed E-state index contributed by atoms with van der Waals surface area (Å²) in [6.45, 7) is 5.61. The fraction of sp³-hybridized carbons (Fsp3) is 0.688. The van der Waals surface area contributed by atoms with Crippen LogP contribution in [0.2, 0.25) is 0 Å². The molecule has 2 saturated heterocycles. The highest BCUT2D eigenvalue weighted by Gasteiger charge is 2.41. The van der Waals surface area contributed by atoms with Crippen LogP contribution in [0, 0.1) is 6.92 Å². The van der Waals surface area contributed by atoms with Crippen LogP contribution in [0.5, 0.6) is 0 Å². The molecule has 0 unspecified atom stereocenters. The number of carboxylic acids is 1. The number of ether oxygens (including phenoxy) is 1. The number of carbonyl (C=O) groups is 2. The fourth-order valence-corrected chi connectivity index (χ4v) is 3.54. The Kier molecular flexibility index (Phi) is 6.82. The Morgan fingerprint density at radius 3 is 2.48 bits per heavy atom. The van der Waals surface area contributed by atoms with Gasteiger partial charge in [0, 0.05) is 18.5 Å². The number of carboxylic acid groups (broad SMARTS) is 1. The first-order valence-corrected chi connectivity index (χ1v) is 9.20. The molecule has 11 heteroatoms. The van der Waals surface area contributed by atoms with E-state index >= 15 is 0 Å². The van der Waals surface area contributed by atoms with E-state index in [-0.39, 0.29) is 18.1 Å². The highest BCUT2D eigenvalue weighted by molar-refractivity contribution is 7.09. The van der Waals surface area contributed by atoms with Crippen molar-refractivity contribution >= 4 is 23.2 Å². The number of hydrogen-bond donors (Lipinski definition) is 1. The summed E-state index contributed by atoms with van der Waals surface area (Å²) in [5, 5.41) is 10.2. The quantitative estimate of drug-likeness (QED) is 0.804. The van der Waals surface area contributed by atoms with Gasteiger partial charge in [0.1, 0.15) is 6.61 Å². The molecule has 2 aliphatic rings. The maximum Gasteiger partial charge on any atom is 0.490 e. The first kappa shape index (κ1) is 21.6. The van der Waals surface area contributed by atoms with Crippen LogP contribution < -0.4 is 0 Å². The lowest BCUT2D eigenvalue weighted by Crippen LogP contribution is -2.58. The lowest BCUT2D eigenvalue weighted by Gasteiger charge is -2.46. The molecule has 1 N–H and O–H groups in total. The van der Waals surface area contributed by atoms with Gasteiger partial charge in [-0.3, -0.25) is 4.79 Å². The third kappa shape index (κ3) is 6.15. The summed E-state index contributed by atoms with van der Waals surface area (Å²) in [7, 11) is 2.14. The highest BCUT2D eigenvalue weighted by atomic mass is 32.1. The molecule has 0 atom stereocenters. The predicted octanol–water partition coefficient (Wildman–Crippen LogP) is 1.91. The van der Waals surface area contributed by atoms with Gasteiger partial charge in [-0.05, 0) is 26.8 Å². The number of morpholine rings is 1. The maximum atomic E-state index is 12.1. The standard InChI is InChI=1S/C14H21N3O2S.C2HF3O2/c1-11-15-12(9-20-11)7-17-10-14(19-8-13(17)18)3-5-16(2)6-4-14;3-2(4,5)1(6)7/h9H,3-8,10H2,1-2H3;(H,6,7). The van der Waals surface area contributed by atoms with Crippen molar-refractivity contribution in [3.8, 4) is 0 Å². The number of hydrogen-bond acceptors (Lipinski definition) is 6. The summed E-state index contributed by atoms with van der Waals surface area (Å²) in [6, 6.07) is 0. The SMILES string of the molecule is Cc1nc(CN2CC3(CCN(C)CC3)OCC2=O)cs1.O=C(O)C(F)(F)F. The van der Waals surface area contributed by atoms with Gasteiger partial charge < -0.3 is 19.6 Å². The predicted molar refractivity (Wildman–Crippen MR) is 91.4 cm³/mol. The zero-order valence-corrected chi connectivity index (χ0v) is 15.9. The molecule has 3 rings (SSSR count). The van der Waals surface area contributed by atoms with E-state index < -0.39 is 12.1 Å². The van der Waals surface area contributed by atoms with Crippen LogP contribution >= 0.6 is 11.3 Å². The number of alkyl halides is 3. The Morgan fingerprint density at radius 2 is 2.00 bits per heavy atom. The Bertz CT molecular complexity index is 672. The van der Waals surface area contributed by atoms with E-state index in [1.54, 1.807) is 11.3 Å². The molecule has 152 valence electrons. The Morgan fingerprint density at radius 1 is 1.41 bits per heavy atom. The monoisotopic (exact) mass is 409 g/mol. The third-order valence-electron chi connectivity index (χ3n) is 4.49. The lowest BCUT2D eigenvalue weighted by atomic mass is 9.89. The van der Waals surface area contributed by atoms with Crippen molar-refractivity contribution in [1.29, 1.82) is 0 Å². The number of aliphatic carboxylic acids is 1. The smallest absolute Gasteiger partial charge is 0.475 e. The average Bonchev–Trinajstić information content (AvgIpc) is 2.99. The number of thiazole rings is 1. The van der Waals surface area contributed by atoms with E-state index in [0.29, 0.717) is 13.1 Å². The number of carbonyl (C=O) groups excluding carboxylic acids is 1. The van der Waals surface area contributed by atoms with Crippen LogP contribution in [-0.2, 0) is 20.9 Å². The van der Waals surface area contributed by atoms with Crippen LogP contribution in [0.1, 0.15) is 23.5 Å². The first-order valence-electron chi connectivity index (χ1n) is 8.32. The van der Waals surface area contributed by atoms with Crippen molar-refractivity contribution in [3.63, 3.8) is 0 Å². The van der Waals surface area contributed by atoms with Crippen molar-refractivity contribution < 1.29 is 32.6 Å². The molecular weight excluding hydrogens is 387 g/mol. The van der Waals surface area contributed by atoms with E-state index in [1.165, 1.54) is 0 Å². The van der Waals surface area contributed by atoms with Gasteiger partial charge in [0.05, 0.1) is 29.4 Å². The summed E-state index contributed by atoms with van der Waals surface area (Å²) in [6.07, 6.45) is -3.08. The lowest BCUT2D eigenvalue weighted by molar-refractivity contribution is -0.192. The second kappa shape index (κ2) is 8.53. The van der Waals surface area contributed by atoms with Crippen LogP contribution in [0.4, 0.5) is 13.2 Å². The minimum atomic E-state index is -5.08. The molecule has 0 saturated carbocycles. The molecular formula is C16H22F3N3O4S. The summed E-state index contributed by atoms with van der Waals surface area (Å²) in [4.78, 5) is 29.7. The van der Waals surface area contributed by atoms with Gasteiger partial charge >= 0.3 is 12.1 Å². The van der Waals surface area contributed by atoms with E-state index in [0.717, 1.165) is 36.6 Å². The third-order valence-corrected chi connectivity index (χ3v) is 5.32. The van der Waals surface area contributed by atoms with Crippen LogP contribution in [0.3, 0.4) is 0 Å². The number of rotatable bonds is 2. The van der Waals surface area contributed by atoms with Crippen LogP contribution in [-0.4, -0.2) is 76.8 Å². The highest BCUT2D eigenvalue weighted by Crippen LogP contribution is 2.30. The summed E-state index contributed by atoms with van der Waals surface area (Å²) < 4.78 is 37.6. The van der Waals surface area contributed by atoms with E-state index in [2.05, 4.69) is 16.9 Å². The largest absolute Gasteiger partial charge is 0.490 e. The van der Waals surface area contributed by atoms with Crippen molar-refractivity contribution in [2.75, 3.05) is 33.3 Å². The van der Waals surface area contributed by atoms with Crippen molar-refractivity contribution in [2.24, 2.45) is 0 Å². The molecule has 1 amide bonds. The topological polar surface area (TPSA) is 83.0 Å². The molecule has 1 aromatic rings. The molecule has 27 heavy (non-hydrogen) atoms. The molecule has 7 nitrogen and oxygen atoms in total. The Balaban J connectivity index is 0.000000321.